The summed E-state index contributed by atoms with van der Waals surface area (Å²) in [5.74, 6) is 0. The Balaban J connectivity index is 1.73. The first-order valence-corrected chi connectivity index (χ1v) is 9.20. The molecule has 4 rings (SSSR count). The van der Waals surface area contributed by atoms with Gasteiger partial charge < -0.3 is 4.90 Å². The maximum absolute atomic E-state index is 12.6. The fraction of sp³-hybridized carbons (Fsp3) is 0.200. The molecule has 0 N–H and O–H groups in total. The van der Waals surface area contributed by atoms with Crippen LogP contribution in [0.3, 0.4) is 0 Å². The summed E-state index contributed by atoms with van der Waals surface area (Å²) < 4.78 is 28.0. The van der Waals surface area contributed by atoms with Gasteiger partial charge in [-0.15, -0.1) is 0 Å². The first-order valence-electron chi connectivity index (χ1n) is 6.69. The van der Waals surface area contributed by atoms with Crippen LogP contribution in [0.25, 0.3) is 0 Å². The van der Waals surface area contributed by atoms with Gasteiger partial charge in [-0.1, -0.05) is 18.2 Å². The summed E-state index contributed by atoms with van der Waals surface area (Å²) in [6, 6.07) is 15.4. The minimum absolute atomic E-state index is 0.0644. The molecule has 108 valence electrons. The highest BCUT2D eigenvalue weighted by atomic mass is 127. The van der Waals surface area contributed by atoms with E-state index < -0.39 is 10.0 Å². The summed E-state index contributed by atoms with van der Waals surface area (Å²) in [7, 11) is -3.34. The third-order valence-electron chi connectivity index (χ3n) is 4.11. The normalized spacial score (nSPS) is 23.1. The zero-order valence-corrected chi connectivity index (χ0v) is 14.1. The lowest BCUT2D eigenvalue weighted by molar-refractivity contribution is 0.426. The van der Waals surface area contributed by atoms with E-state index in [9.17, 15) is 8.42 Å². The summed E-state index contributed by atoms with van der Waals surface area (Å²) in [5, 5.41) is 0. The van der Waals surface area contributed by atoms with Crippen LogP contribution in [0.2, 0.25) is 0 Å². The number of anilines is 1. The summed E-state index contributed by atoms with van der Waals surface area (Å²) in [5.41, 5.74) is 1.99. The molecular weight excluding hydrogens is 399 g/mol. The number of fused-ring (bicyclic) bond motifs is 3. The number of rotatable bonds is 1. The Morgan fingerprint density at radius 1 is 1.05 bits per heavy atom. The Labute approximate surface area is 137 Å². The van der Waals surface area contributed by atoms with Gasteiger partial charge >= 0.3 is 0 Å². The highest BCUT2D eigenvalue weighted by molar-refractivity contribution is 14.1. The predicted molar refractivity (Wildman–Crippen MR) is 89.6 cm³/mol. The molecule has 0 bridgehead atoms. The summed E-state index contributed by atoms with van der Waals surface area (Å²) in [4.78, 5) is 2.59. The van der Waals surface area contributed by atoms with Crippen LogP contribution >= 0.6 is 22.6 Å². The van der Waals surface area contributed by atoms with E-state index >= 15 is 0 Å². The van der Waals surface area contributed by atoms with Gasteiger partial charge in [0.05, 0.1) is 17.6 Å². The van der Waals surface area contributed by atoms with Gasteiger partial charge in [0.25, 0.3) is 0 Å². The maximum atomic E-state index is 12.6. The number of benzene rings is 2. The van der Waals surface area contributed by atoms with E-state index in [1.807, 2.05) is 36.4 Å². The van der Waals surface area contributed by atoms with Crippen molar-refractivity contribution in [1.29, 1.82) is 0 Å². The largest absolute Gasteiger partial charge is 0.356 e. The fourth-order valence-electron chi connectivity index (χ4n) is 3.08. The van der Waals surface area contributed by atoms with E-state index in [-0.39, 0.29) is 6.04 Å². The van der Waals surface area contributed by atoms with Crippen molar-refractivity contribution in [3.63, 3.8) is 0 Å². The van der Waals surface area contributed by atoms with Crippen LogP contribution in [-0.4, -0.2) is 25.9 Å². The van der Waals surface area contributed by atoms with E-state index in [0.29, 0.717) is 18.1 Å². The molecule has 0 saturated carbocycles. The predicted octanol–water partition coefficient (Wildman–Crippen LogP) is 2.81. The summed E-state index contributed by atoms with van der Waals surface area (Å²) >= 11 is 2.27. The molecule has 2 aromatic rings. The van der Waals surface area contributed by atoms with Gasteiger partial charge in [-0.3, -0.25) is 0 Å². The molecule has 0 radical (unpaired) electrons. The van der Waals surface area contributed by atoms with Crippen LogP contribution < -0.4 is 4.90 Å². The second kappa shape index (κ2) is 4.69. The first-order chi connectivity index (χ1) is 10.1. The van der Waals surface area contributed by atoms with Gasteiger partial charge in [-0.2, -0.15) is 4.31 Å². The van der Waals surface area contributed by atoms with Gasteiger partial charge in [-0.25, -0.2) is 8.42 Å². The summed E-state index contributed by atoms with van der Waals surface area (Å²) in [6.07, 6.45) is 0. The highest BCUT2D eigenvalue weighted by Gasteiger charge is 2.47. The third-order valence-corrected chi connectivity index (χ3v) is 6.74. The van der Waals surface area contributed by atoms with Gasteiger partial charge in [-0.05, 0) is 58.5 Å². The van der Waals surface area contributed by atoms with E-state index in [0.717, 1.165) is 11.3 Å². The first kappa shape index (κ1) is 13.5. The molecule has 0 aromatic heterocycles. The average molecular weight is 412 g/mol. The molecule has 1 unspecified atom stereocenters. The monoisotopic (exact) mass is 412 g/mol. The van der Waals surface area contributed by atoms with E-state index in [1.54, 1.807) is 16.4 Å². The van der Waals surface area contributed by atoms with Crippen LogP contribution in [0.5, 0.6) is 0 Å². The van der Waals surface area contributed by atoms with Crippen molar-refractivity contribution in [1.82, 2.24) is 4.31 Å². The number of hydrogen-bond acceptors (Lipinski definition) is 3. The molecule has 0 spiro atoms. The Bertz CT molecular complexity index is 805. The van der Waals surface area contributed by atoms with Crippen molar-refractivity contribution in [2.45, 2.75) is 10.9 Å². The SMILES string of the molecule is O=S1(=O)c2ccccc2C2CN(c3ccc(I)cc3)CN21. The second-order valence-electron chi connectivity index (χ2n) is 5.29. The number of sulfonamides is 1. The minimum Gasteiger partial charge on any atom is -0.356 e. The van der Waals surface area contributed by atoms with Gasteiger partial charge in [0.2, 0.25) is 10.0 Å². The maximum Gasteiger partial charge on any atom is 0.245 e. The third kappa shape index (κ3) is 2.00. The number of halogens is 1. The molecule has 4 nitrogen and oxygen atoms in total. The van der Waals surface area contributed by atoms with Crippen molar-refractivity contribution >= 4 is 38.3 Å². The van der Waals surface area contributed by atoms with Crippen LogP contribution in [0, 0.1) is 3.57 Å². The molecule has 0 amide bonds. The Hall–Kier alpha value is -1.12. The smallest absolute Gasteiger partial charge is 0.245 e. The Kier molecular flexibility index (Phi) is 3.02. The molecule has 1 atom stereocenters. The molecule has 6 heteroatoms. The molecule has 2 aliphatic heterocycles. The molecule has 21 heavy (non-hydrogen) atoms. The van der Waals surface area contributed by atoms with Crippen LogP contribution in [0.15, 0.2) is 53.4 Å². The number of nitrogens with zero attached hydrogens (tertiary/aromatic N) is 2. The zero-order valence-electron chi connectivity index (χ0n) is 11.1. The van der Waals surface area contributed by atoms with E-state index in [4.69, 9.17) is 0 Å². The average Bonchev–Trinajstić information content (AvgIpc) is 3.00. The lowest BCUT2D eigenvalue weighted by Crippen LogP contribution is -2.28. The number of hydrogen-bond donors (Lipinski definition) is 0. The molecule has 2 aromatic carbocycles. The molecule has 1 fully saturated rings. The lowest BCUT2D eigenvalue weighted by Gasteiger charge is -2.19. The van der Waals surface area contributed by atoms with E-state index in [2.05, 4.69) is 27.5 Å². The van der Waals surface area contributed by atoms with E-state index in [1.165, 1.54) is 3.57 Å². The lowest BCUT2D eigenvalue weighted by atomic mass is 10.1. The molecule has 2 heterocycles. The minimum atomic E-state index is -3.34. The molecule has 2 aliphatic rings. The molecule has 1 saturated heterocycles. The molecule has 0 aliphatic carbocycles. The van der Waals surface area contributed by atoms with Crippen molar-refractivity contribution in [2.24, 2.45) is 0 Å². The van der Waals surface area contributed by atoms with Crippen LogP contribution in [0.4, 0.5) is 5.69 Å². The Morgan fingerprint density at radius 2 is 1.76 bits per heavy atom. The standard InChI is InChI=1S/C15H13IN2O2S/c16-11-5-7-12(8-6-11)17-9-14-13-3-1-2-4-15(13)21(19,20)18(14)10-17/h1-8,14H,9-10H2. The Morgan fingerprint density at radius 3 is 2.52 bits per heavy atom. The van der Waals surface area contributed by atoms with Crippen molar-refractivity contribution in [2.75, 3.05) is 18.1 Å². The summed E-state index contributed by atoms with van der Waals surface area (Å²) in [6.45, 7) is 1.12. The van der Waals surface area contributed by atoms with Crippen LogP contribution in [0.1, 0.15) is 11.6 Å². The van der Waals surface area contributed by atoms with Crippen molar-refractivity contribution < 1.29 is 8.42 Å². The van der Waals surface area contributed by atoms with Gasteiger partial charge in [0.1, 0.15) is 0 Å². The molecular formula is C15H13IN2O2S. The van der Waals surface area contributed by atoms with Gasteiger partial charge in [0.15, 0.2) is 0 Å². The van der Waals surface area contributed by atoms with Crippen molar-refractivity contribution in [3.8, 4) is 0 Å². The quantitative estimate of drug-likeness (QED) is 0.677. The second-order valence-corrected chi connectivity index (χ2v) is 8.39. The van der Waals surface area contributed by atoms with Crippen molar-refractivity contribution in [3.05, 3.63) is 57.7 Å². The zero-order chi connectivity index (χ0) is 14.6. The van der Waals surface area contributed by atoms with Gasteiger partial charge in [0, 0.05) is 15.8 Å². The fourth-order valence-corrected chi connectivity index (χ4v) is 5.25. The van der Waals surface area contributed by atoms with Crippen LogP contribution in [-0.2, 0) is 10.0 Å². The topological polar surface area (TPSA) is 40.6 Å². The highest BCUT2D eigenvalue weighted by Crippen LogP contribution is 2.43.